The van der Waals surface area contributed by atoms with Gasteiger partial charge < -0.3 is 0 Å². The first-order valence-corrected chi connectivity index (χ1v) is 9.09. The van der Waals surface area contributed by atoms with Crippen LogP contribution in [0.3, 0.4) is 0 Å². The van der Waals surface area contributed by atoms with Gasteiger partial charge in [-0.2, -0.15) is 0 Å². The van der Waals surface area contributed by atoms with Crippen LogP contribution in [0.5, 0.6) is 0 Å². The summed E-state index contributed by atoms with van der Waals surface area (Å²) >= 11 is 2.06. The van der Waals surface area contributed by atoms with E-state index in [1.807, 2.05) is 0 Å². The normalized spacial score (nSPS) is 25.0. The molecule has 23 heavy (non-hydrogen) atoms. The van der Waals surface area contributed by atoms with Crippen molar-refractivity contribution in [1.29, 1.82) is 0 Å². The van der Waals surface area contributed by atoms with Gasteiger partial charge in [-0.05, 0) is 30.5 Å². The van der Waals surface area contributed by atoms with Crippen molar-refractivity contribution in [2.24, 2.45) is 0 Å². The third-order valence-electron chi connectivity index (χ3n) is 5.02. The van der Waals surface area contributed by atoms with Crippen LogP contribution >= 0.6 is 11.8 Å². The number of aromatic nitrogens is 1. The minimum Gasteiger partial charge on any atom is -0.295 e. The first kappa shape index (κ1) is 13.6. The van der Waals surface area contributed by atoms with Gasteiger partial charge in [-0.3, -0.25) is 10.3 Å². The molecule has 2 unspecified atom stereocenters. The summed E-state index contributed by atoms with van der Waals surface area (Å²) < 4.78 is 0. The quantitative estimate of drug-likeness (QED) is 0.753. The molecule has 0 spiro atoms. The number of pyridine rings is 1. The Balaban J connectivity index is 1.54. The van der Waals surface area contributed by atoms with Crippen molar-refractivity contribution in [2.75, 3.05) is 0 Å². The number of fused-ring (bicyclic) bond motifs is 6. The van der Waals surface area contributed by atoms with Crippen LogP contribution in [0.25, 0.3) is 10.9 Å². The van der Waals surface area contributed by atoms with Crippen LogP contribution in [0.2, 0.25) is 0 Å². The Morgan fingerprint density at radius 1 is 1.09 bits per heavy atom. The van der Waals surface area contributed by atoms with E-state index >= 15 is 0 Å². The second-order valence-electron chi connectivity index (χ2n) is 6.43. The van der Waals surface area contributed by atoms with Crippen LogP contribution < -0.4 is 5.32 Å². The molecular weight excluding hydrogens is 300 g/mol. The van der Waals surface area contributed by atoms with E-state index in [2.05, 4.69) is 77.7 Å². The summed E-state index contributed by atoms with van der Waals surface area (Å²) in [5.41, 5.74) is 5.18. The molecule has 2 aliphatic rings. The van der Waals surface area contributed by atoms with Crippen molar-refractivity contribution in [1.82, 2.24) is 10.3 Å². The third kappa shape index (κ3) is 2.11. The Bertz CT molecular complexity index is 877. The largest absolute Gasteiger partial charge is 0.295 e. The maximum absolute atomic E-state index is 4.98. The average Bonchev–Trinajstić information content (AvgIpc) is 3.17. The van der Waals surface area contributed by atoms with Crippen LogP contribution in [-0.2, 0) is 11.4 Å². The van der Waals surface area contributed by atoms with Gasteiger partial charge in [0.15, 0.2) is 0 Å². The summed E-state index contributed by atoms with van der Waals surface area (Å²) in [6.07, 6.45) is 2.42. The summed E-state index contributed by atoms with van der Waals surface area (Å²) in [4.78, 5) is 5.03. The number of rotatable bonds is 3. The highest BCUT2D eigenvalue weighted by Gasteiger charge is 2.50. The summed E-state index contributed by atoms with van der Waals surface area (Å²) in [5, 5.41) is 5.65. The van der Waals surface area contributed by atoms with Gasteiger partial charge in [0, 0.05) is 22.7 Å². The molecule has 3 aromatic rings. The first-order chi connectivity index (χ1) is 11.3. The van der Waals surface area contributed by atoms with Gasteiger partial charge in [0.1, 0.15) is 0 Å². The van der Waals surface area contributed by atoms with Crippen molar-refractivity contribution < 1.29 is 0 Å². The maximum Gasteiger partial charge on any atom is 0.0929 e. The molecule has 1 fully saturated rings. The number of hydrogen-bond acceptors (Lipinski definition) is 3. The van der Waals surface area contributed by atoms with E-state index in [1.165, 1.54) is 35.0 Å². The Morgan fingerprint density at radius 2 is 1.91 bits per heavy atom. The molecule has 2 aromatic carbocycles. The van der Waals surface area contributed by atoms with Crippen LogP contribution in [0.4, 0.5) is 0 Å². The summed E-state index contributed by atoms with van der Waals surface area (Å²) in [6.45, 7) is 0.910. The van der Waals surface area contributed by atoms with E-state index in [1.54, 1.807) is 0 Å². The average molecular weight is 318 g/mol. The Labute approximate surface area is 140 Å². The monoisotopic (exact) mass is 318 g/mol. The molecule has 2 atom stereocenters. The highest BCUT2D eigenvalue weighted by molar-refractivity contribution is 8.01. The van der Waals surface area contributed by atoms with Gasteiger partial charge >= 0.3 is 0 Å². The van der Waals surface area contributed by atoms with E-state index in [9.17, 15) is 0 Å². The van der Waals surface area contributed by atoms with Gasteiger partial charge in [0.25, 0.3) is 0 Å². The molecule has 1 saturated heterocycles. The van der Waals surface area contributed by atoms with Gasteiger partial charge in [0.05, 0.1) is 16.1 Å². The zero-order chi connectivity index (χ0) is 15.3. The van der Waals surface area contributed by atoms with Crippen LogP contribution in [-0.4, -0.2) is 4.98 Å². The lowest BCUT2D eigenvalue weighted by Crippen LogP contribution is -2.36. The minimum atomic E-state index is 0.0485. The lowest BCUT2D eigenvalue weighted by atomic mass is 9.90. The Hall–Kier alpha value is -1.84. The number of hydrogen-bond donors (Lipinski definition) is 1. The highest BCUT2D eigenvalue weighted by Crippen LogP contribution is 2.63. The molecule has 3 heteroatoms. The molecule has 0 aliphatic carbocycles. The Kier molecular flexibility index (Phi) is 3.00. The van der Waals surface area contributed by atoms with E-state index in [4.69, 9.17) is 4.98 Å². The molecule has 1 N–H and O–H groups in total. The van der Waals surface area contributed by atoms with Gasteiger partial charge in [-0.1, -0.05) is 48.5 Å². The van der Waals surface area contributed by atoms with E-state index in [0.29, 0.717) is 5.25 Å². The first-order valence-electron chi connectivity index (χ1n) is 8.21. The predicted molar refractivity (Wildman–Crippen MR) is 96.3 cm³/mol. The van der Waals surface area contributed by atoms with Crippen molar-refractivity contribution in [2.45, 2.75) is 29.5 Å². The lowest BCUT2D eigenvalue weighted by molar-refractivity contribution is 0.441. The molecular formula is C20H18N2S. The van der Waals surface area contributed by atoms with Crippen LogP contribution in [0.15, 0.2) is 60.7 Å². The summed E-state index contributed by atoms with van der Waals surface area (Å²) in [5.74, 6) is 0. The molecule has 2 aliphatic heterocycles. The third-order valence-corrected chi connectivity index (χ3v) is 6.73. The fourth-order valence-electron chi connectivity index (χ4n) is 3.85. The minimum absolute atomic E-state index is 0.0485. The van der Waals surface area contributed by atoms with E-state index in [-0.39, 0.29) is 4.87 Å². The summed E-state index contributed by atoms with van der Waals surface area (Å²) in [7, 11) is 0. The molecule has 2 bridgehead atoms. The molecule has 1 aromatic heterocycles. The lowest BCUT2D eigenvalue weighted by Gasteiger charge is -2.29. The van der Waals surface area contributed by atoms with Crippen molar-refractivity contribution in [3.8, 4) is 0 Å². The van der Waals surface area contributed by atoms with Gasteiger partial charge in [0.2, 0.25) is 0 Å². The molecule has 0 saturated carbocycles. The smallest absolute Gasteiger partial charge is 0.0929 e. The van der Waals surface area contributed by atoms with Crippen molar-refractivity contribution >= 4 is 22.7 Å². The number of para-hydroxylation sites is 1. The van der Waals surface area contributed by atoms with Crippen LogP contribution in [0.1, 0.15) is 34.9 Å². The fraction of sp³-hybridized carbons (Fsp3) is 0.250. The molecule has 5 rings (SSSR count). The second kappa shape index (κ2) is 5.08. The molecule has 2 nitrogen and oxygen atoms in total. The maximum atomic E-state index is 4.98. The molecule has 3 heterocycles. The van der Waals surface area contributed by atoms with Crippen molar-refractivity contribution in [3.63, 3.8) is 0 Å². The highest BCUT2D eigenvalue weighted by atomic mass is 32.2. The van der Waals surface area contributed by atoms with E-state index < -0.39 is 0 Å². The van der Waals surface area contributed by atoms with Gasteiger partial charge in [-0.15, -0.1) is 11.8 Å². The summed E-state index contributed by atoms with van der Waals surface area (Å²) in [6, 6.07) is 21.5. The van der Waals surface area contributed by atoms with E-state index in [0.717, 1.165) is 12.1 Å². The number of benzene rings is 2. The van der Waals surface area contributed by atoms with Crippen molar-refractivity contribution in [3.05, 3.63) is 77.5 Å². The standard InChI is InChI=1S/C20H18N2S/c1-2-6-14(7-3-1)13-21-20-11-10-18(23-20)19-16(20)12-15-8-4-5-9-17(15)22-19/h1-9,12,18,21H,10-11,13H2. The molecule has 0 radical (unpaired) electrons. The molecule has 0 amide bonds. The number of nitrogens with one attached hydrogen (secondary N) is 1. The second-order valence-corrected chi connectivity index (χ2v) is 7.93. The number of nitrogens with zero attached hydrogens (tertiary/aromatic N) is 1. The number of thioether (sulfide) groups is 1. The Morgan fingerprint density at radius 3 is 2.83 bits per heavy atom. The fourth-order valence-corrected chi connectivity index (χ4v) is 5.55. The predicted octanol–water partition coefficient (Wildman–Crippen LogP) is 4.76. The topological polar surface area (TPSA) is 24.9 Å². The zero-order valence-electron chi connectivity index (χ0n) is 12.8. The zero-order valence-corrected chi connectivity index (χ0v) is 13.6. The molecule has 114 valence electrons. The van der Waals surface area contributed by atoms with Gasteiger partial charge in [-0.25, -0.2) is 0 Å². The van der Waals surface area contributed by atoms with Crippen LogP contribution in [0, 0.1) is 0 Å². The SMILES string of the molecule is c1ccc(CNC23CCC(S2)c2nc4ccccc4cc23)cc1.